The van der Waals surface area contributed by atoms with Gasteiger partial charge in [0.2, 0.25) is 5.91 Å². The summed E-state index contributed by atoms with van der Waals surface area (Å²) in [4.78, 5) is 38.9. The molecule has 0 aromatic heterocycles. The summed E-state index contributed by atoms with van der Waals surface area (Å²) in [7, 11) is 0.908. The molecule has 11 heteroatoms. The van der Waals surface area contributed by atoms with Gasteiger partial charge in [-0.05, 0) is 44.5 Å². The van der Waals surface area contributed by atoms with Crippen molar-refractivity contribution < 1.29 is 23.7 Å². The molecule has 0 aliphatic carbocycles. The molecule has 31 heavy (non-hydrogen) atoms. The number of likely N-dealkylation sites (N-methyl/N-ethyl adjacent to an activating group) is 1. The zero-order chi connectivity index (χ0) is 23.1. The second-order valence-corrected chi connectivity index (χ2v) is 8.91. The molecule has 2 N–H and O–H groups in total. The number of nitrogens with one attached hydrogen (secondary N) is 2. The average molecular weight is 472 g/mol. The van der Waals surface area contributed by atoms with Gasteiger partial charge in [-0.2, -0.15) is 0 Å². The van der Waals surface area contributed by atoms with E-state index in [0.29, 0.717) is 18.1 Å². The van der Waals surface area contributed by atoms with E-state index >= 15 is 0 Å². The largest absolute Gasteiger partial charge is 0.551 e. The van der Waals surface area contributed by atoms with E-state index < -0.39 is 30.8 Å². The summed E-state index contributed by atoms with van der Waals surface area (Å²) < 4.78 is 11.3. The van der Waals surface area contributed by atoms with Crippen LogP contribution in [0.3, 0.4) is 0 Å². The van der Waals surface area contributed by atoms with Gasteiger partial charge in [0.15, 0.2) is 0 Å². The molecule has 0 radical (unpaired) electrons. The Morgan fingerprint density at radius 3 is 2.71 bits per heavy atom. The monoisotopic (exact) mass is 471 g/mol. The lowest BCUT2D eigenvalue weighted by atomic mass is 9.73. The molecule has 1 aromatic carbocycles. The van der Waals surface area contributed by atoms with Crippen LogP contribution in [0.4, 0.5) is 0 Å². The minimum absolute atomic E-state index is 0.0208. The average Bonchev–Trinajstić information content (AvgIpc) is 2.69. The maximum Gasteiger partial charge on any atom is 0.551 e. The lowest BCUT2D eigenvalue weighted by molar-refractivity contribution is -0.139. The van der Waals surface area contributed by atoms with Crippen molar-refractivity contribution in [2.45, 2.75) is 39.2 Å². The normalized spacial score (nSPS) is 18.7. The first-order valence-electron chi connectivity index (χ1n) is 10.1. The Morgan fingerprint density at radius 1 is 1.32 bits per heavy atom. The van der Waals surface area contributed by atoms with Gasteiger partial charge in [-0.3, -0.25) is 19.3 Å². The van der Waals surface area contributed by atoms with Gasteiger partial charge in [-0.25, -0.2) is 0 Å². The Morgan fingerprint density at radius 2 is 2.03 bits per heavy atom. The van der Waals surface area contributed by atoms with Crippen molar-refractivity contribution in [2.75, 3.05) is 26.7 Å². The van der Waals surface area contributed by atoms with Crippen LogP contribution in [-0.2, 0) is 18.9 Å². The Hall–Kier alpha value is -1.81. The van der Waals surface area contributed by atoms with Crippen molar-refractivity contribution in [1.29, 1.82) is 0 Å². The molecule has 0 spiro atoms. The third kappa shape index (κ3) is 7.99. The van der Waals surface area contributed by atoms with Crippen LogP contribution < -0.4 is 10.6 Å². The zero-order valence-electron chi connectivity index (χ0n) is 18.1. The molecule has 2 atom stereocenters. The summed E-state index contributed by atoms with van der Waals surface area (Å²) in [6.07, 6.45) is 0.530. The first kappa shape index (κ1) is 25.5. The van der Waals surface area contributed by atoms with Crippen molar-refractivity contribution in [2.24, 2.45) is 5.92 Å². The molecule has 1 heterocycles. The molecule has 1 unspecified atom stereocenters. The van der Waals surface area contributed by atoms with Crippen LogP contribution in [0.1, 0.15) is 37.6 Å². The minimum atomic E-state index is -0.909. The van der Waals surface area contributed by atoms with Gasteiger partial charge < -0.3 is 19.9 Å². The van der Waals surface area contributed by atoms with Crippen molar-refractivity contribution in [3.63, 3.8) is 0 Å². The van der Waals surface area contributed by atoms with Gasteiger partial charge in [0.1, 0.15) is 0 Å². The number of rotatable bonds is 7. The third-order valence-electron chi connectivity index (χ3n) is 4.86. The molecule has 0 saturated carbocycles. The van der Waals surface area contributed by atoms with E-state index in [1.165, 1.54) is 12.1 Å². The van der Waals surface area contributed by atoms with Gasteiger partial charge in [-0.15, -0.1) is 0 Å². The molecule has 2 rings (SSSR count). The van der Waals surface area contributed by atoms with Gasteiger partial charge in [0.05, 0.1) is 29.6 Å². The lowest BCUT2D eigenvalue weighted by Gasteiger charge is -2.32. The Labute approximate surface area is 193 Å². The van der Waals surface area contributed by atoms with Crippen molar-refractivity contribution in [3.05, 3.63) is 33.8 Å². The number of hydrogen-bond acceptors (Lipinski definition) is 6. The highest BCUT2D eigenvalue weighted by atomic mass is 35.5. The summed E-state index contributed by atoms with van der Waals surface area (Å²) in [5, 5.41) is 5.93. The van der Waals surface area contributed by atoms with Crippen molar-refractivity contribution in [3.8, 4) is 0 Å². The molecule has 0 bridgehead atoms. The van der Waals surface area contributed by atoms with Gasteiger partial charge in [0, 0.05) is 17.7 Å². The fourth-order valence-corrected chi connectivity index (χ4v) is 3.43. The first-order chi connectivity index (χ1) is 14.6. The lowest BCUT2D eigenvalue weighted by Crippen LogP contribution is -2.55. The fraction of sp³-hybridized carbons (Fsp3) is 0.550. The number of benzene rings is 1. The second kappa shape index (κ2) is 11.7. The quantitative estimate of drug-likeness (QED) is 0.591. The number of carbonyl (C=O) groups excluding carboxylic acids is 3. The summed E-state index contributed by atoms with van der Waals surface area (Å²) in [5.74, 6) is -1.74. The zero-order valence-corrected chi connectivity index (χ0v) is 19.6. The molecule has 1 fully saturated rings. The van der Waals surface area contributed by atoms with E-state index in [1.54, 1.807) is 6.07 Å². The predicted molar refractivity (Wildman–Crippen MR) is 120 cm³/mol. The highest BCUT2D eigenvalue weighted by Crippen LogP contribution is 2.20. The van der Waals surface area contributed by atoms with Crippen molar-refractivity contribution in [1.82, 2.24) is 15.5 Å². The molecule has 1 aliphatic rings. The molecule has 1 aliphatic heterocycles. The van der Waals surface area contributed by atoms with E-state index in [4.69, 9.17) is 32.5 Å². The molecular formula is C20H28BCl2N3O5. The standard InChI is InChI=1S/C20H28BCl2N3O5/c1-12(2)7-17(21-30-11-13(3)26(4)10-19(28)31-21)25-18(27)9-24-20(29)15-8-14(22)5-6-16(15)23/h5-6,8,12-13,17H,7,9-11H2,1-4H3,(H,24,29)(H,25,27)/t13?,17-/m0/s1. The van der Waals surface area contributed by atoms with E-state index in [9.17, 15) is 14.4 Å². The van der Waals surface area contributed by atoms with Crippen LogP contribution in [0.2, 0.25) is 10.0 Å². The number of nitrogens with zero attached hydrogens (tertiary/aromatic N) is 1. The van der Waals surface area contributed by atoms with E-state index in [0.717, 1.165) is 0 Å². The van der Waals surface area contributed by atoms with Crippen LogP contribution in [-0.4, -0.2) is 68.5 Å². The minimum Gasteiger partial charge on any atom is -0.507 e. The van der Waals surface area contributed by atoms with Crippen LogP contribution >= 0.6 is 23.2 Å². The summed E-state index contributed by atoms with van der Waals surface area (Å²) >= 11 is 11.9. The van der Waals surface area contributed by atoms with E-state index in [2.05, 4.69) is 10.6 Å². The van der Waals surface area contributed by atoms with E-state index in [1.807, 2.05) is 32.7 Å². The summed E-state index contributed by atoms with van der Waals surface area (Å²) in [6, 6.07) is 4.53. The number of carbonyl (C=O) groups is 3. The second-order valence-electron chi connectivity index (χ2n) is 8.07. The van der Waals surface area contributed by atoms with Crippen LogP contribution in [0, 0.1) is 5.92 Å². The van der Waals surface area contributed by atoms with Crippen molar-refractivity contribution >= 4 is 48.1 Å². The highest BCUT2D eigenvalue weighted by Gasteiger charge is 2.38. The molecule has 1 aromatic rings. The van der Waals surface area contributed by atoms with Crippen LogP contribution in [0.15, 0.2) is 18.2 Å². The summed E-state index contributed by atoms with van der Waals surface area (Å²) in [5.41, 5.74) is 0.177. The maximum atomic E-state index is 12.5. The Kier molecular flexibility index (Phi) is 9.62. The maximum absolute atomic E-state index is 12.5. The van der Waals surface area contributed by atoms with Gasteiger partial charge in [0.25, 0.3) is 5.91 Å². The Balaban J connectivity index is 2.01. The number of hydrogen-bond donors (Lipinski definition) is 2. The Bertz CT molecular complexity index is 811. The summed E-state index contributed by atoms with van der Waals surface area (Å²) in [6.45, 7) is 6.13. The SMILES string of the molecule is CC(C)C[C@H](NC(=O)CNC(=O)c1cc(Cl)ccc1Cl)B1OCC(C)N(C)CC(=O)O1. The fourth-order valence-electron chi connectivity index (χ4n) is 3.05. The van der Waals surface area contributed by atoms with Crippen LogP contribution in [0.25, 0.3) is 0 Å². The molecule has 2 amide bonds. The smallest absolute Gasteiger partial charge is 0.507 e. The van der Waals surface area contributed by atoms with E-state index in [-0.39, 0.29) is 35.6 Å². The number of amides is 2. The molecule has 170 valence electrons. The highest BCUT2D eigenvalue weighted by molar-refractivity contribution is 6.49. The molecule has 1 saturated heterocycles. The van der Waals surface area contributed by atoms with Gasteiger partial charge >= 0.3 is 13.1 Å². The third-order valence-corrected chi connectivity index (χ3v) is 5.43. The van der Waals surface area contributed by atoms with Crippen LogP contribution in [0.5, 0.6) is 0 Å². The van der Waals surface area contributed by atoms with Gasteiger partial charge in [-0.1, -0.05) is 37.0 Å². The topological polar surface area (TPSA) is 97.0 Å². The predicted octanol–water partition coefficient (Wildman–Crippen LogP) is 2.18. The number of halogens is 2. The first-order valence-corrected chi connectivity index (χ1v) is 10.9. The molecule has 8 nitrogen and oxygen atoms in total. The molecular weight excluding hydrogens is 444 g/mol.